The first kappa shape index (κ1) is 17.3. The zero-order valence-corrected chi connectivity index (χ0v) is 15.7. The third-order valence-electron chi connectivity index (χ3n) is 5.62. The molecule has 2 aliphatic rings. The molecule has 2 unspecified atom stereocenters. The van der Waals surface area contributed by atoms with Crippen molar-refractivity contribution in [1.82, 2.24) is 15.5 Å². The lowest BCUT2D eigenvalue weighted by molar-refractivity contribution is 0.256. The van der Waals surface area contributed by atoms with Crippen LogP contribution >= 0.6 is 0 Å². The van der Waals surface area contributed by atoms with Crippen molar-refractivity contribution in [2.75, 3.05) is 13.6 Å². The lowest BCUT2D eigenvalue weighted by atomic mass is 10.1. The van der Waals surface area contributed by atoms with Gasteiger partial charge in [-0.1, -0.05) is 0 Å². The number of aryl methyl sites for hydroxylation is 1. The summed E-state index contributed by atoms with van der Waals surface area (Å²) < 4.78 is 19.3. The molecule has 5 nitrogen and oxygen atoms in total. The fourth-order valence-electron chi connectivity index (χ4n) is 4.04. The molecule has 0 amide bonds. The molecule has 6 heteroatoms. The lowest BCUT2D eigenvalue weighted by Gasteiger charge is -2.20. The average Bonchev–Trinajstić information content (AvgIpc) is 3.34. The highest BCUT2D eigenvalue weighted by Crippen LogP contribution is 2.33. The molecular weight excluding hydrogens is 331 g/mol. The Kier molecular flexibility index (Phi) is 4.61. The largest absolute Gasteiger partial charge is 0.459 e. The molecule has 140 valence electrons. The topological polar surface area (TPSA) is 52.8 Å². The minimum Gasteiger partial charge on any atom is -0.459 e. The maximum absolute atomic E-state index is 13.5. The van der Waals surface area contributed by atoms with Crippen LogP contribution in [0.4, 0.5) is 4.39 Å². The number of nitrogens with zero attached hydrogens (tertiary/aromatic N) is 2. The summed E-state index contributed by atoms with van der Waals surface area (Å²) in [7, 11) is 1.78. The van der Waals surface area contributed by atoms with Crippen LogP contribution in [0.1, 0.15) is 37.5 Å². The fraction of sp³-hybridized carbons (Fsp3) is 0.550. The van der Waals surface area contributed by atoms with Gasteiger partial charge in [0.15, 0.2) is 5.96 Å². The first-order valence-corrected chi connectivity index (χ1v) is 9.45. The number of halogens is 1. The molecule has 2 fully saturated rings. The number of aliphatic imine (C=N–C) groups is 1. The minimum absolute atomic E-state index is 0.242. The molecule has 1 aromatic carbocycles. The normalized spacial score (nSPS) is 24.4. The van der Waals surface area contributed by atoms with Crippen molar-refractivity contribution in [2.24, 2.45) is 4.99 Å². The highest BCUT2D eigenvalue weighted by Gasteiger charge is 2.38. The second-order valence-corrected chi connectivity index (χ2v) is 7.57. The summed E-state index contributed by atoms with van der Waals surface area (Å²) in [6.45, 7) is 5.88. The zero-order chi connectivity index (χ0) is 18.3. The lowest BCUT2D eigenvalue weighted by Crippen LogP contribution is -2.44. The van der Waals surface area contributed by atoms with Crippen molar-refractivity contribution in [3.05, 3.63) is 35.3 Å². The van der Waals surface area contributed by atoms with Crippen molar-refractivity contribution in [3.8, 4) is 0 Å². The third kappa shape index (κ3) is 3.43. The molecule has 2 N–H and O–H groups in total. The minimum atomic E-state index is -0.242. The van der Waals surface area contributed by atoms with Crippen LogP contribution in [-0.4, -0.2) is 42.6 Å². The van der Waals surface area contributed by atoms with E-state index in [1.54, 1.807) is 13.1 Å². The number of benzene rings is 1. The van der Waals surface area contributed by atoms with Gasteiger partial charge in [-0.15, -0.1) is 0 Å². The fourth-order valence-corrected chi connectivity index (χ4v) is 4.04. The predicted octanol–water partition coefficient (Wildman–Crippen LogP) is 3.17. The number of hydrogen-bond donors (Lipinski definition) is 2. The van der Waals surface area contributed by atoms with Crippen LogP contribution in [0.25, 0.3) is 11.0 Å². The highest BCUT2D eigenvalue weighted by atomic mass is 19.1. The quantitative estimate of drug-likeness (QED) is 0.651. The Bertz CT molecular complexity index is 827. The Morgan fingerprint density at radius 2 is 2.19 bits per heavy atom. The molecule has 1 aromatic heterocycles. The number of nitrogens with one attached hydrogen (secondary N) is 2. The van der Waals surface area contributed by atoms with E-state index in [1.807, 2.05) is 6.92 Å². The molecule has 1 saturated heterocycles. The number of likely N-dealkylation sites (tertiary alicyclic amines) is 1. The Hall–Kier alpha value is -2.08. The van der Waals surface area contributed by atoms with E-state index >= 15 is 0 Å². The van der Waals surface area contributed by atoms with Crippen molar-refractivity contribution < 1.29 is 8.81 Å². The van der Waals surface area contributed by atoms with Crippen molar-refractivity contribution >= 4 is 16.9 Å². The summed E-state index contributed by atoms with van der Waals surface area (Å²) in [6.07, 6.45) is 3.83. The van der Waals surface area contributed by atoms with Gasteiger partial charge in [-0.25, -0.2) is 4.39 Å². The van der Waals surface area contributed by atoms with Crippen molar-refractivity contribution in [2.45, 2.75) is 57.8 Å². The van der Waals surface area contributed by atoms with Gasteiger partial charge in [0.2, 0.25) is 0 Å². The summed E-state index contributed by atoms with van der Waals surface area (Å²) in [5.41, 5.74) is 1.69. The monoisotopic (exact) mass is 358 g/mol. The Morgan fingerprint density at radius 3 is 2.92 bits per heavy atom. The number of furan rings is 1. The van der Waals surface area contributed by atoms with Gasteiger partial charge in [0.25, 0.3) is 0 Å². The van der Waals surface area contributed by atoms with E-state index in [2.05, 4.69) is 27.4 Å². The number of guanidine groups is 1. The summed E-state index contributed by atoms with van der Waals surface area (Å²) in [6, 6.07) is 6.48. The van der Waals surface area contributed by atoms with Crippen LogP contribution in [-0.2, 0) is 6.54 Å². The third-order valence-corrected chi connectivity index (χ3v) is 5.62. The summed E-state index contributed by atoms with van der Waals surface area (Å²) >= 11 is 0. The maximum Gasteiger partial charge on any atom is 0.191 e. The molecule has 2 aromatic rings. The molecule has 1 aliphatic carbocycles. The van der Waals surface area contributed by atoms with E-state index in [-0.39, 0.29) is 5.82 Å². The van der Waals surface area contributed by atoms with Gasteiger partial charge in [0, 0.05) is 42.7 Å². The van der Waals surface area contributed by atoms with Crippen LogP contribution in [0.15, 0.2) is 27.6 Å². The Labute approximate surface area is 153 Å². The molecule has 0 spiro atoms. The van der Waals surface area contributed by atoms with E-state index in [1.165, 1.54) is 25.0 Å². The first-order chi connectivity index (χ1) is 12.5. The van der Waals surface area contributed by atoms with Crippen LogP contribution < -0.4 is 10.6 Å². The molecular formula is C20H27FN4O. The van der Waals surface area contributed by atoms with Gasteiger partial charge in [0.1, 0.15) is 17.2 Å². The van der Waals surface area contributed by atoms with E-state index in [4.69, 9.17) is 4.42 Å². The van der Waals surface area contributed by atoms with Gasteiger partial charge in [-0.3, -0.25) is 9.89 Å². The van der Waals surface area contributed by atoms with Gasteiger partial charge < -0.3 is 15.1 Å². The molecule has 2 atom stereocenters. The van der Waals surface area contributed by atoms with Gasteiger partial charge in [0.05, 0.1) is 6.54 Å². The van der Waals surface area contributed by atoms with Crippen molar-refractivity contribution in [1.29, 1.82) is 0 Å². The van der Waals surface area contributed by atoms with E-state index < -0.39 is 0 Å². The van der Waals surface area contributed by atoms with Crippen LogP contribution in [0.3, 0.4) is 0 Å². The molecule has 0 bridgehead atoms. The summed E-state index contributed by atoms with van der Waals surface area (Å²) in [5.74, 6) is 1.35. The average molecular weight is 358 g/mol. The molecule has 0 radical (unpaired) electrons. The zero-order valence-electron chi connectivity index (χ0n) is 15.7. The molecule has 1 saturated carbocycles. The standard InChI is InChI=1S/C20H27FN4O/c1-12-8-15(11-25(12)16-5-6-16)24-20(22-3)23-10-19-13(2)17-9-14(21)4-7-18(17)26-19/h4,7,9,12,15-16H,5-6,8,10-11H2,1-3H3,(H2,22,23,24). The molecule has 1 aliphatic heterocycles. The van der Waals surface area contributed by atoms with Gasteiger partial charge >= 0.3 is 0 Å². The van der Waals surface area contributed by atoms with Crippen LogP contribution in [0.5, 0.6) is 0 Å². The number of rotatable bonds is 4. The van der Waals surface area contributed by atoms with E-state index in [0.29, 0.717) is 24.2 Å². The molecule has 2 heterocycles. The Morgan fingerprint density at radius 1 is 1.38 bits per heavy atom. The maximum atomic E-state index is 13.5. The van der Waals surface area contributed by atoms with Gasteiger partial charge in [-0.2, -0.15) is 0 Å². The smallest absolute Gasteiger partial charge is 0.191 e. The molecule has 4 rings (SSSR count). The second kappa shape index (κ2) is 6.91. The highest BCUT2D eigenvalue weighted by molar-refractivity contribution is 5.83. The summed E-state index contributed by atoms with van der Waals surface area (Å²) in [5, 5.41) is 7.70. The number of hydrogen-bond acceptors (Lipinski definition) is 3. The van der Waals surface area contributed by atoms with Crippen LogP contribution in [0.2, 0.25) is 0 Å². The molecule has 26 heavy (non-hydrogen) atoms. The number of fused-ring (bicyclic) bond motifs is 1. The first-order valence-electron chi connectivity index (χ1n) is 9.45. The summed E-state index contributed by atoms with van der Waals surface area (Å²) in [4.78, 5) is 6.96. The SMILES string of the molecule is CN=C(NCc1oc2ccc(F)cc2c1C)NC1CC(C)N(C2CC2)C1. The predicted molar refractivity (Wildman–Crippen MR) is 102 cm³/mol. The van der Waals surface area contributed by atoms with Gasteiger partial charge in [-0.05, 0) is 51.3 Å². The van der Waals surface area contributed by atoms with Crippen LogP contribution in [0, 0.1) is 12.7 Å². The Balaban J connectivity index is 1.38. The van der Waals surface area contributed by atoms with Crippen molar-refractivity contribution in [3.63, 3.8) is 0 Å². The van der Waals surface area contributed by atoms with E-state index in [9.17, 15) is 4.39 Å². The van der Waals surface area contributed by atoms with E-state index in [0.717, 1.165) is 41.7 Å². The second-order valence-electron chi connectivity index (χ2n) is 7.57.